The molecule has 1 saturated heterocycles. The van der Waals surface area contributed by atoms with Crippen molar-refractivity contribution in [3.8, 4) is 5.75 Å². The number of amides is 3. The Balaban J connectivity index is 1.57. The van der Waals surface area contributed by atoms with Gasteiger partial charge in [0.15, 0.2) is 0 Å². The monoisotopic (exact) mass is 432 g/mol. The molecule has 7 heteroatoms. The Labute approximate surface area is 183 Å². The van der Waals surface area contributed by atoms with Crippen LogP contribution in [0.25, 0.3) is 0 Å². The molecule has 6 nitrogen and oxygen atoms in total. The number of ether oxygens (including phenoxy) is 1. The Morgan fingerprint density at radius 2 is 1.32 bits per heavy atom. The van der Waals surface area contributed by atoms with E-state index in [1.165, 1.54) is 0 Å². The maximum atomic E-state index is 13.3. The fraction of sp³-hybridized carbons (Fsp3) is 0.125. The lowest BCUT2D eigenvalue weighted by Gasteiger charge is -2.49. The third kappa shape index (κ3) is 2.91. The average Bonchev–Trinajstić information content (AvgIpc) is 3.04. The van der Waals surface area contributed by atoms with Gasteiger partial charge in [0, 0.05) is 10.7 Å². The van der Waals surface area contributed by atoms with Crippen LogP contribution in [0, 0.1) is 0 Å². The molecule has 2 aliphatic heterocycles. The molecule has 1 fully saturated rings. The van der Waals surface area contributed by atoms with Crippen LogP contribution in [0.15, 0.2) is 72.8 Å². The van der Waals surface area contributed by atoms with Crippen LogP contribution in [0.3, 0.4) is 0 Å². The normalized spacial score (nSPS) is 20.0. The molecule has 0 N–H and O–H groups in total. The fourth-order valence-electron chi connectivity index (χ4n) is 4.21. The van der Waals surface area contributed by atoms with Crippen molar-refractivity contribution in [2.75, 3.05) is 12.0 Å². The molecule has 0 aliphatic carbocycles. The van der Waals surface area contributed by atoms with E-state index in [-0.39, 0.29) is 5.91 Å². The molecule has 2 heterocycles. The number of hydrogen-bond acceptors (Lipinski definition) is 4. The van der Waals surface area contributed by atoms with E-state index in [1.807, 2.05) is 0 Å². The summed E-state index contributed by atoms with van der Waals surface area (Å²) in [6.45, 7) is 0. The summed E-state index contributed by atoms with van der Waals surface area (Å²) in [6.07, 6.45) is 0. The van der Waals surface area contributed by atoms with Gasteiger partial charge in [0.1, 0.15) is 11.8 Å². The molecule has 5 rings (SSSR count). The number of rotatable bonds is 4. The second kappa shape index (κ2) is 7.25. The number of halogens is 1. The van der Waals surface area contributed by atoms with Crippen molar-refractivity contribution in [2.45, 2.75) is 12.1 Å². The lowest BCUT2D eigenvalue weighted by Crippen LogP contribution is -2.67. The quantitative estimate of drug-likeness (QED) is 0.460. The first-order valence-corrected chi connectivity index (χ1v) is 10.1. The highest BCUT2D eigenvalue weighted by atomic mass is 35.5. The van der Waals surface area contributed by atoms with E-state index in [2.05, 4.69) is 0 Å². The summed E-state index contributed by atoms with van der Waals surface area (Å²) < 4.78 is 5.20. The van der Waals surface area contributed by atoms with E-state index in [4.69, 9.17) is 16.3 Å². The Bertz CT molecular complexity index is 1170. The number of methoxy groups -OCH3 is 1. The van der Waals surface area contributed by atoms with E-state index in [0.29, 0.717) is 27.6 Å². The van der Waals surface area contributed by atoms with Gasteiger partial charge in [-0.2, -0.15) is 0 Å². The predicted octanol–water partition coefficient (Wildman–Crippen LogP) is 4.10. The highest BCUT2D eigenvalue weighted by Gasteiger charge is 2.57. The van der Waals surface area contributed by atoms with E-state index >= 15 is 0 Å². The van der Waals surface area contributed by atoms with Crippen LogP contribution in [0.2, 0.25) is 5.02 Å². The molecule has 0 aromatic heterocycles. The molecular formula is C24H17ClN2O4. The van der Waals surface area contributed by atoms with Gasteiger partial charge >= 0.3 is 0 Å². The summed E-state index contributed by atoms with van der Waals surface area (Å²) in [5.74, 6) is -0.559. The largest absolute Gasteiger partial charge is 0.497 e. The minimum absolute atomic E-state index is 0.318. The second-order valence-corrected chi connectivity index (χ2v) is 7.81. The van der Waals surface area contributed by atoms with Crippen LogP contribution in [0.4, 0.5) is 5.69 Å². The van der Waals surface area contributed by atoms with Crippen molar-refractivity contribution in [3.05, 3.63) is 94.5 Å². The van der Waals surface area contributed by atoms with Crippen LogP contribution >= 0.6 is 11.6 Å². The summed E-state index contributed by atoms with van der Waals surface area (Å²) in [5.41, 5.74) is 2.07. The van der Waals surface area contributed by atoms with Crippen molar-refractivity contribution in [2.24, 2.45) is 0 Å². The molecule has 154 valence electrons. The third-order valence-corrected chi connectivity index (χ3v) is 5.99. The topological polar surface area (TPSA) is 66.9 Å². The SMILES string of the molecule is COc1ccc(N2C(=O)[C@@H](N3C(=O)c4ccccc4C3=O)[C@@H]2c2ccc(Cl)cc2)cc1. The van der Waals surface area contributed by atoms with E-state index < -0.39 is 23.9 Å². The summed E-state index contributed by atoms with van der Waals surface area (Å²) in [5, 5.41) is 0.558. The number of imide groups is 1. The van der Waals surface area contributed by atoms with Crippen LogP contribution < -0.4 is 9.64 Å². The van der Waals surface area contributed by atoms with Crippen LogP contribution in [0.1, 0.15) is 32.3 Å². The summed E-state index contributed by atoms with van der Waals surface area (Å²) in [7, 11) is 1.57. The van der Waals surface area contributed by atoms with Gasteiger partial charge in [0.2, 0.25) is 0 Å². The van der Waals surface area contributed by atoms with Gasteiger partial charge in [-0.05, 0) is 54.1 Å². The molecule has 0 radical (unpaired) electrons. The number of carbonyl (C=O) groups is 3. The number of carbonyl (C=O) groups excluding carboxylic acids is 3. The molecule has 31 heavy (non-hydrogen) atoms. The molecule has 0 bridgehead atoms. The van der Waals surface area contributed by atoms with Crippen molar-refractivity contribution in [3.63, 3.8) is 0 Å². The van der Waals surface area contributed by atoms with Crippen LogP contribution in [0.5, 0.6) is 5.75 Å². The minimum atomic E-state index is -0.935. The van der Waals surface area contributed by atoms with Gasteiger partial charge in [-0.1, -0.05) is 35.9 Å². The highest BCUT2D eigenvalue weighted by Crippen LogP contribution is 2.44. The van der Waals surface area contributed by atoms with Gasteiger partial charge in [-0.15, -0.1) is 0 Å². The molecular weight excluding hydrogens is 416 g/mol. The number of benzene rings is 3. The second-order valence-electron chi connectivity index (χ2n) is 7.37. The van der Waals surface area contributed by atoms with Gasteiger partial charge < -0.3 is 9.64 Å². The van der Waals surface area contributed by atoms with Gasteiger partial charge in [-0.25, -0.2) is 0 Å². The summed E-state index contributed by atoms with van der Waals surface area (Å²) in [6, 6.07) is 19.3. The summed E-state index contributed by atoms with van der Waals surface area (Å²) in [4.78, 5) is 42.1. The molecule has 0 spiro atoms. The number of hydrogen-bond donors (Lipinski definition) is 0. The maximum Gasteiger partial charge on any atom is 0.262 e. The zero-order valence-corrected chi connectivity index (χ0v) is 17.2. The maximum absolute atomic E-state index is 13.3. The minimum Gasteiger partial charge on any atom is -0.497 e. The molecule has 0 unspecified atom stereocenters. The number of fused-ring (bicyclic) bond motifs is 1. The smallest absolute Gasteiger partial charge is 0.262 e. The zero-order chi connectivity index (χ0) is 21.7. The van der Waals surface area contributed by atoms with E-state index in [1.54, 1.807) is 84.8 Å². The average molecular weight is 433 g/mol. The Morgan fingerprint density at radius 3 is 1.87 bits per heavy atom. The van der Waals surface area contributed by atoms with Crippen LogP contribution in [-0.2, 0) is 4.79 Å². The van der Waals surface area contributed by atoms with Crippen LogP contribution in [-0.4, -0.2) is 35.8 Å². The predicted molar refractivity (Wildman–Crippen MR) is 115 cm³/mol. The first kappa shape index (κ1) is 19.3. The van der Waals surface area contributed by atoms with Gasteiger partial charge in [-0.3, -0.25) is 19.3 Å². The molecule has 0 saturated carbocycles. The Morgan fingerprint density at radius 1 is 0.742 bits per heavy atom. The standard InChI is InChI=1S/C24H17ClN2O4/c1-31-17-12-10-16(11-13-17)26-20(14-6-8-15(25)9-7-14)21(24(26)30)27-22(28)18-4-2-3-5-19(18)23(27)29/h2-13,20-21H,1H3/t20-,21-/m0/s1. The fourth-order valence-corrected chi connectivity index (χ4v) is 4.33. The lowest BCUT2D eigenvalue weighted by molar-refractivity contribution is -0.130. The third-order valence-electron chi connectivity index (χ3n) is 5.73. The summed E-state index contributed by atoms with van der Waals surface area (Å²) >= 11 is 6.05. The lowest BCUT2D eigenvalue weighted by atomic mass is 9.86. The van der Waals surface area contributed by atoms with Crippen molar-refractivity contribution in [1.82, 2.24) is 4.90 Å². The Kier molecular flexibility index (Phi) is 4.52. The molecule has 3 aromatic carbocycles. The van der Waals surface area contributed by atoms with E-state index in [0.717, 1.165) is 10.5 Å². The molecule has 2 atom stereocenters. The zero-order valence-electron chi connectivity index (χ0n) is 16.5. The molecule has 2 aliphatic rings. The van der Waals surface area contributed by atoms with Crippen molar-refractivity contribution in [1.29, 1.82) is 0 Å². The number of nitrogens with zero attached hydrogens (tertiary/aromatic N) is 2. The number of β-lactam (4-membered cyclic amide) rings is 1. The van der Waals surface area contributed by atoms with Gasteiger partial charge in [0.25, 0.3) is 17.7 Å². The van der Waals surface area contributed by atoms with Crippen molar-refractivity contribution >= 4 is 35.0 Å². The van der Waals surface area contributed by atoms with Crippen molar-refractivity contribution < 1.29 is 19.1 Å². The number of anilines is 1. The highest BCUT2D eigenvalue weighted by molar-refractivity contribution is 6.30. The first-order chi connectivity index (χ1) is 15.0. The Hall–Kier alpha value is -3.64. The van der Waals surface area contributed by atoms with Gasteiger partial charge in [0.05, 0.1) is 24.3 Å². The van der Waals surface area contributed by atoms with E-state index in [9.17, 15) is 14.4 Å². The first-order valence-electron chi connectivity index (χ1n) is 9.71. The molecule has 3 amide bonds. The molecule has 3 aromatic rings.